The molecule has 5 rings (SSSR count). The summed E-state index contributed by atoms with van der Waals surface area (Å²) in [7, 11) is 1.65. The Morgan fingerprint density at radius 1 is 1.00 bits per heavy atom. The zero-order valence-electron chi connectivity index (χ0n) is 18.1. The Morgan fingerprint density at radius 2 is 1.84 bits per heavy atom. The van der Waals surface area contributed by atoms with Gasteiger partial charge in [0.1, 0.15) is 18.0 Å². The number of fused-ring (bicyclic) bond motifs is 1. The van der Waals surface area contributed by atoms with E-state index in [-0.39, 0.29) is 0 Å². The van der Waals surface area contributed by atoms with Crippen LogP contribution >= 0.6 is 0 Å². The molecule has 4 heterocycles. The summed E-state index contributed by atoms with van der Waals surface area (Å²) in [4.78, 5) is 17.9. The van der Waals surface area contributed by atoms with Gasteiger partial charge in [-0.2, -0.15) is 14.6 Å². The van der Waals surface area contributed by atoms with Gasteiger partial charge in [-0.3, -0.25) is 4.90 Å². The molecule has 0 radical (unpaired) electrons. The maximum Gasteiger partial charge on any atom is 0.254 e. The number of hydrogen-bond acceptors (Lipinski definition) is 8. The van der Waals surface area contributed by atoms with Crippen molar-refractivity contribution in [3.63, 3.8) is 0 Å². The van der Waals surface area contributed by atoms with Crippen LogP contribution in [-0.2, 0) is 17.9 Å². The van der Waals surface area contributed by atoms with E-state index in [0.717, 1.165) is 55.7 Å². The van der Waals surface area contributed by atoms with Crippen molar-refractivity contribution in [1.29, 1.82) is 0 Å². The number of nitrogens with one attached hydrogen (secondary N) is 1. The van der Waals surface area contributed by atoms with Gasteiger partial charge in [0.15, 0.2) is 0 Å². The molecule has 0 unspecified atom stereocenters. The lowest BCUT2D eigenvalue weighted by atomic mass is 10.1. The first-order valence-corrected chi connectivity index (χ1v) is 10.7. The van der Waals surface area contributed by atoms with Crippen LogP contribution in [0.15, 0.2) is 61.1 Å². The van der Waals surface area contributed by atoms with Gasteiger partial charge in [-0.05, 0) is 29.8 Å². The Hall–Kier alpha value is -3.56. The highest BCUT2D eigenvalue weighted by Crippen LogP contribution is 2.20. The van der Waals surface area contributed by atoms with Gasteiger partial charge in [-0.1, -0.05) is 18.2 Å². The number of aromatic nitrogens is 5. The summed E-state index contributed by atoms with van der Waals surface area (Å²) in [5, 5.41) is 7.69. The van der Waals surface area contributed by atoms with Crippen LogP contribution < -0.4 is 10.2 Å². The third kappa shape index (κ3) is 4.53. The molecule has 1 aliphatic rings. The monoisotopic (exact) mass is 430 g/mol. The van der Waals surface area contributed by atoms with Gasteiger partial charge < -0.3 is 15.0 Å². The van der Waals surface area contributed by atoms with Crippen LogP contribution in [0, 0.1) is 0 Å². The number of methoxy groups -OCH3 is 1. The third-order valence-corrected chi connectivity index (χ3v) is 5.58. The summed E-state index contributed by atoms with van der Waals surface area (Å²) < 4.78 is 6.91. The topological polar surface area (TPSA) is 83.7 Å². The Morgan fingerprint density at radius 3 is 2.59 bits per heavy atom. The van der Waals surface area contributed by atoms with Crippen LogP contribution in [0.3, 0.4) is 0 Å². The van der Waals surface area contributed by atoms with E-state index in [1.165, 1.54) is 11.9 Å². The quantitative estimate of drug-likeness (QED) is 0.479. The smallest absolute Gasteiger partial charge is 0.254 e. The van der Waals surface area contributed by atoms with Crippen molar-refractivity contribution in [2.24, 2.45) is 0 Å². The molecule has 0 spiro atoms. The molecule has 164 valence electrons. The first-order valence-electron chi connectivity index (χ1n) is 10.7. The average Bonchev–Trinajstić information content (AvgIpc) is 3.31. The molecule has 0 amide bonds. The molecule has 9 heteroatoms. The standard InChI is InChI=1S/C23H26N8O/c1-32-16-20-14-22(31-23(28-20)25-17-26-31)27-19-7-5-18(6-8-19)15-29-10-12-30(13-11-29)21-4-2-3-9-24-21/h2-9,14,17,27H,10-13,15-16H2,1H3. The minimum absolute atomic E-state index is 0.421. The number of hydrogen-bond donors (Lipinski definition) is 1. The van der Waals surface area contributed by atoms with Gasteiger partial charge in [0.2, 0.25) is 0 Å². The molecule has 0 atom stereocenters. The molecule has 0 saturated carbocycles. The predicted molar refractivity (Wildman–Crippen MR) is 123 cm³/mol. The van der Waals surface area contributed by atoms with E-state index in [2.05, 4.69) is 65.5 Å². The molecule has 32 heavy (non-hydrogen) atoms. The first kappa shape index (κ1) is 20.3. The maximum atomic E-state index is 5.22. The van der Waals surface area contributed by atoms with Gasteiger partial charge in [0, 0.05) is 57.8 Å². The largest absolute Gasteiger partial charge is 0.378 e. The number of benzene rings is 1. The fourth-order valence-corrected chi connectivity index (χ4v) is 3.95. The fraction of sp³-hybridized carbons (Fsp3) is 0.304. The van der Waals surface area contributed by atoms with Gasteiger partial charge in [-0.25, -0.2) is 9.97 Å². The van der Waals surface area contributed by atoms with E-state index in [9.17, 15) is 0 Å². The van der Waals surface area contributed by atoms with Gasteiger partial charge in [0.25, 0.3) is 5.78 Å². The summed E-state index contributed by atoms with van der Waals surface area (Å²) >= 11 is 0. The van der Waals surface area contributed by atoms with Crippen molar-refractivity contribution >= 4 is 23.1 Å². The first-order chi connectivity index (χ1) is 15.8. The molecule has 1 N–H and O–H groups in total. The third-order valence-electron chi connectivity index (χ3n) is 5.58. The molecule has 1 fully saturated rings. The summed E-state index contributed by atoms with van der Waals surface area (Å²) in [6.07, 6.45) is 3.36. The van der Waals surface area contributed by atoms with E-state index < -0.39 is 0 Å². The van der Waals surface area contributed by atoms with Gasteiger partial charge in [-0.15, -0.1) is 0 Å². The number of piperazine rings is 1. The molecule has 4 aromatic rings. The van der Waals surface area contributed by atoms with E-state index in [0.29, 0.717) is 12.4 Å². The molecule has 1 saturated heterocycles. The highest BCUT2D eigenvalue weighted by Gasteiger charge is 2.18. The highest BCUT2D eigenvalue weighted by atomic mass is 16.5. The number of anilines is 3. The molecule has 3 aromatic heterocycles. The molecular weight excluding hydrogens is 404 g/mol. The van der Waals surface area contributed by atoms with Crippen LogP contribution in [-0.4, -0.2) is 62.8 Å². The highest BCUT2D eigenvalue weighted by molar-refractivity contribution is 5.59. The van der Waals surface area contributed by atoms with Crippen LogP contribution in [0.4, 0.5) is 17.3 Å². The number of pyridine rings is 1. The Kier molecular flexibility index (Phi) is 5.91. The SMILES string of the molecule is COCc1cc(Nc2ccc(CN3CCN(c4ccccn4)CC3)cc2)n2ncnc2n1. The zero-order chi connectivity index (χ0) is 21.8. The predicted octanol–water partition coefficient (Wildman–Crippen LogP) is 2.73. The van der Waals surface area contributed by atoms with Crippen molar-refractivity contribution < 1.29 is 4.74 Å². The van der Waals surface area contributed by atoms with E-state index in [1.807, 2.05) is 24.4 Å². The Balaban J connectivity index is 1.21. The van der Waals surface area contributed by atoms with Crippen molar-refractivity contribution in [2.75, 3.05) is 43.5 Å². The summed E-state index contributed by atoms with van der Waals surface area (Å²) in [6.45, 7) is 5.41. The molecular formula is C23H26N8O. The molecule has 1 aromatic carbocycles. The second-order valence-electron chi connectivity index (χ2n) is 7.81. The fourth-order valence-electron chi connectivity index (χ4n) is 3.95. The number of ether oxygens (including phenoxy) is 1. The van der Waals surface area contributed by atoms with Crippen molar-refractivity contribution in [1.82, 2.24) is 29.5 Å². The average molecular weight is 431 g/mol. The zero-order valence-corrected chi connectivity index (χ0v) is 18.1. The summed E-state index contributed by atoms with van der Waals surface area (Å²) in [5.74, 6) is 2.41. The normalized spacial score (nSPS) is 14.7. The van der Waals surface area contributed by atoms with Crippen LogP contribution in [0.5, 0.6) is 0 Å². The van der Waals surface area contributed by atoms with Gasteiger partial charge >= 0.3 is 0 Å². The lowest BCUT2D eigenvalue weighted by molar-refractivity contribution is 0.181. The summed E-state index contributed by atoms with van der Waals surface area (Å²) in [6, 6.07) is 16.5. The minimum Gasteiger partial charge on any atom is -0.378 e. The molecule has 9 nitrogen and oxygen atoms in total. The lowest BCUT2D eigenvalue weighted by Crippen LogP contribution is -2.46. The van der Waals surface area contributed by atoms with E-state index in [1.54, 1.807) is 11.6 Å². The van der Waals surface area contributed by atoms with Crippen molar-refractivity contribution in [3.8, 4) is 0 Å². The minimum atomic E-state index is 0.421. The van der Waals surface area contributed by atoms with Gasteiger partial charge in [0.05, 0.1) is 12.3 Å². The molecule has 0 aliphatic carbocycles. The van der Waals surface area contributed by atoms with Crippen molar-refractivity contribution in [2.45, 2.75) is 13.2 Å². The second-order valence-corrected chi connectivity index (χ2v) is 7.81. The lowest BCUT2D eigenvalue weighted by Gasteiger charge is -2.35. The van der Waals surface area contributed by atoms with Crippen LogP contribution in [0.1, 0.15) is 11.3 Å². The summed E-state index contributed by atoms with van der Waals surface area (Å²) in [5.41, 5.74) is 3.08. The molecule has 0 bridgehead atoms. The van der Waals surface area contributed by atoms with Crippen LogP contribution in [0.25, 0.3) is 5.78 Å². The van der Waals surface area contributed by atoms with Crippen LogP contribution in [0.2, 0.25) is 0 Å². The Labute approximate surface area is 186 Å². The van der Waals surface area contributed by atoms with E-state index >= 15 is 0 Å². The Bertz CT molecular complexity index is 1150. The number of rotatable bonds is 7. The van der Waals surface area contributed by atoms with E-state index in [4.69, 9.17) is 4.74 Å². The second kappa shape index (κ2) is 9.29. The molecule has 1 aliphatic heterocycles. The number of nitrogens with zero attached hydrogens (tertiary/aromatic N) is 7. The maximum absolute atomic E-state index is 5.22. The van der Waals surface area contributed by atoms with Crippen molar-refractivity contribution in [3.05, 3.63) is 72.3 Å².